The molecule has 0 aliphatic carbocycles. The van der Waals surface area contributed by atoms with Crippen LogP contribution in [0.15, 0.2) is 41.6 Å². The van der Waals surface area contributed by atoms with Crippen molar-refractivity contribution in [3.63, 3.8) is 0 Å². The van der Waals surface area contributed by atoms with Crippen LogP contribution >= 0.6 is 46.4 Å². The number of carbonyl (C=O) groups is 3. The summed E-state index contributed by atoms with van der Waals surface area (Å²) >= 11 is 24.8. The second-order valence-electron chi connectivity index (χ2n) is 11.4. The minimum atomic E-state index is -0.344. The number of nitrogens with one attached hydrogen (secondary N) is 2. The minimum absolute atomic E-state index is 0.0913. The predicted molar refractivity (Wildman–Crippen MR) is 180 cm³/mol. The van der Waals surface area contributed by atoms with Gasteiger partial charge in [0.25, 0.3) is 5.91 Å². The van der Waals surface area contributed by atoms with Crippen LogP contribution in [0, 0.1) is 5.92 Å². The first-order valence-corrected chi connectivity index (χ1v) is 16.6. The van der Waals surface area contributed by atoms with Crippen molar-refractivity contribution >= 4 is 69.8 Å². The van der Waals surface area contributed by atoms with Crippen molar-refractivity contribution in [1.82, 2.24) is 20.4 Å². The fraction of sp³-hybridized carbons (Fsp3) is 0.500. The van der Waals surface area contributed by atoms with Crippen molar-refractivity contribution in [3.05, 3.63) is 67.6 Å². The Morgan fingerprint density at radius 3 is 2.36 bits per heavy atom. The van der Waals surface area contributed by atoms with E-state index in [1.54, 1.807) is 31.3 Å². The Morgan fingerprint density at radius 2 is 1.71 bits per heavy atom. The third kappa shape index (κ3) is 9.72. The van der Waals surface area contributed by atoms with Crippen molar-refractivity contribution in [2.45, 2.75) is 50.5 Å². The van der Waals surface area contributed by atoms with Crippen LogP contribution in [-0.2, 0) is 14.4 Å². The first kappa shape index (κ1) is 35.3. The standard InChI is InChI=1S/C32H39Cl4N5O4/c1-37-30(42)17-21-4-3-10-41(32(21)44)25-7-11-40(12-8-25)13-9-26(20-5-6-27(35)28(36)16-20)29(39-45-2)19-38-31(43)22-14-23(33)18-24(34)15-22/h5-6,14-16,18,21,25-26H,3-4,7-13,17,19H2,1-2H3,(H,37,42)(H,38,43). The van der Waals surface area contributed by atoms with Gasteiger partial charge in [-0.25, -0.2) is 0 Å². The molecule has 0 bridgehead atoms. The zero-order chi connectivity index (χ0) is 32.5. The average molecular weight is 700 g/mol. The highest BCUT2D eigenvalue weighted by Gasteiger charge is 2.35. The highest BCUT2D eigenvalue weighted by Crippen LogP contribution is 2.31. The number of likely N-dealkylation sites (tertiary alicyclic amines) is 2. The smallest absolute Gasteiger partial charge is 0.251 e. The Kier molecular flexibility index (Phi) is 13.2. The first-order chi connectivity index (χ1) is 21.6. The van der Waals surface area contributed by atoms with Gasteiger partial charge >= 0.3 is 0 Å². The summed E-state index contributed by atoms with van der Waals surface area (Å²) in [4.78, 5) is 47.7. The summed E-state index contributed by atoms with van der Waals surface area (Å²) in [5.74, 6) is -0.798. The van der Waals surface area contributed by atoms with Crippen LogP contribution in [0.25, 0.3) is 0 Å². The summed E-state index contributed by atoms with van der Waals surface area (Å²) in [5, 5.41) is 11.5. The number of piperidine rings is 2. The van der Waals surface area contributed by atoms with E-state index in [4.69, 9.17) is 51.2 Å². The van der Waals surface area contributed by atoms with Gasteiger partial charge < -0.3 is 25.3 Å². The topological polar surface area (TPSA) is 103 Å². The lowest BCUT2D eigenvalue weighted by Crippen LogP contribution is -2.52. The van der Waals surface area contributed by atoms with Gasteiger partial charge in [0.05, 0.1) is 22.3 Å². The van der Waals surface area contributed by atoms with Gasteiger partial charge in [0.1, 0.15) is 7.11 Å². The lowest BCUT2D eigenvalue weighted by molar-refractivity contribution is -0.144. The summed E-state index contributed by atoms with van der Waals surface area (Å²) in [5.41, 5.74) is 1.86. The summed E-state index contributed by atoms with van der Waals surface area (Å²) in [6, 6.07) is 10.3. The number of carbonyl (C=O) groups excluding carboxylic acids is 3. The molecule has 2 unspecified atom stereocenters. The van der Waals surface area contributed by atoms with Gasteiger partial charge in [0.2, 0.25) is 11.8 Å². The minimum Gasteiger partial charge on any atom is -0.399 e. The van der Waals surface area contributed by atoms with Crippen LogP contribution in [0.5, 0.6) is 0 Å². The summed E-state index contributed by atoms with van der Waals surface area (Å²) in [6.45, 7) is 3.30. The van der Waals surface area contributed by atoms with E-state index in [1.807, 2.05) is 17.0 Å². The second kappa shape index (κ2) is 16.8. The molecule has 45 heavy (non-hydrogen) atoms. The number of oxime groups is 1. The second-order valence-corrected chi connectivity index (χ2v) is 13.1. The first-order valence-electron chi connectivity index (χ1n) is 15.1. The average Bonchev–Trinajstić information content (AvgIpc) is 3.02. The van der Waals surface area contributed by atoms with Gasteiger partial charge in [-0.15, -0.1) is 0 Å². The Labute approximate surface area is 284 Å². The molecule has 13 heteroatoms. The number of hydrogen-bond acceptors (Lipinski definition) is 6. The molecule has 0 radical (unpaired) electrons. The molecule has 2 N–H and O–H groups in total. The van der Waals surface area contributed by atoms with E-state index < -0.39 is 0 Å². The highest BCUT2D eigenvalue weighted by atomic mass is 35.5. The molecule has 0 saturated carbocycles. The van der Waals surface area contributed by atoms with Crippen molar-refractivity contribution in [3.8, 4) is 0 Å². The molecular formula is C32H39Cl4N5O4. The SMILES string of the molecule is CNC(=O)CC1CCCN(C2CCN(CCC(C(CNC(=O)c3cc(Cl)cc(Cl)c3)=NOC)c3ccc(Cl)c(Cl)c3)CC2)C1=O. The maximum atomic E-state index is 13.2. The number of rotatable bonds is 12. The van der Waals surface area contributed by atoms with Crippen LogP contribution < -0.4 is 10.6 Å². The lowest BCUT2D eigenvalue weighted by Gasteiger charge is -2.42. The van der Waals surface area contributed by atoms with E-state index >= 15 is 0 Å². The van der Waals surface area contributed by atoms with E-state index in [0.717, 1.165) is 57.4 Å². The van der Waals surface area contributed by atoms with Crippen LogP contribution in [0.2, 0.25) is 20.1 Å². The maximum absolute atomic E-state index is 13.2. The molecule has 0 spiro atoms. The summed E-state index contributed by atoms with van der Waals surface area (Å²) < 4.78 is 0. The number of benzene rings is 2. The molecule has 0 aromatic heterocycles. The molecule has 2 heterocycles. The number of hydrogen-bond donors (Lipinski definition) is 2. The van der Waals surface area contributed by atoms with Gasteiger partial charge in [0.15, 0.2) is 0 Å². The Morgan fingerprint density at radius 1 is 1.00 bits per heavy atom. The van der Waals surface area contributed by atoms with Crippen molar-refractivity contribution in [1.29, 1.82) is 0 Å². The van der Waals surface area contributed by atoms with E-state index in [9.17, 15) is 14.4 Å². The maximum Gasteiger partial charge on any atom is 0.251 e. The van der Waals surface area contributed by atoms with Gasteiger partial charge in [-0.1, -0.05) is 57.6 Å². The van der Waals surface area contributed by atoms with Crippen LogP contribution in [0.3, 0.4) is 0 Å². The van der Waals surface area contributed by atoms with E-state index in [2.05, 4.69) is 20.7 Å². The third-order valence-corrected chi connectivity index (χ3v) is 9.71. The quantitative estimate of drug-likeness (QED) is 0.208. The highest BCUT2D eigenvalue weighted by molar-refractivity contribution is 6.42. The van der Waals surface area contributed by atoms with Gasteiger partial charge in [-0.2, -0.15) is 0 Å². The van der Waals surface area contributed by atoms with Gasteiger partial charge in [-0.3, -0.25) is 14.4 Å². The number of nitrogens with zero attached hydrogens (tertiary/aromatic N) is 3. The molecule has 2 saturated heterocycles. The fourth-order valence-electron chi connectivity index (χ4n) is 6.17. The molecule has 3 amide bonds. The predicted octanol–water partition coefficient (Wildman–Crippen LogP) is 6.05. The zero-order valence-electron chi connectivity index (χ0n) is 25.5. The molecule has 2 fully saturated rings. The normalized spacial score (nSPS) is 18.9. The van der Waals surface area contributed by atoms with E-state index in [0.29, 0.717) is 37.8 Å². The molecule has 4 rings (SSSR count). The van der Waals surface area contributed by atoms with E-state index in [-0.39, 0.29) is 48.6 Å². The number of amides is 3. The largest absolute Gasteiger partial charge is 0.399 e. The number of halogens is 4. The van der Waals surface area contributed by atoms with Crippen molar-refractivity contribution in [2.75, 3.05) is 46.9 Å². The fourth-order valence-corrected chi connectivity index (χ4v) is 7.00. The lowest BCUT2D eigenvalue weighted by atomic mass is 9.89. The Bertz CT molecular complexity index is 1380. The van der Waals surface area contributed by atoms with Crippen LogP contribution in [-0.4, -0.2) is 86.2 Å². The molecule has 2 aliphatic rings. The molecule has 2 aliphatic heterocycles. The Hall–Kier alpha value is -2.56. The van der Waals surface area contributed by atoms with Gasteiger partial charge in [0, 0.05) is 66.6 Å². The van der Waals surface area contributed by atoms with Crippen molar-refractivity contribution in [2.24, 2.45) is 11.1 Å². The summed E-state index contributed by atoms with van der Waals surface area (Å²) in [6.07, 6.45) is 4.35. The molecule has 2 atom stereocenters. The molecule has 2 aromatic rings. The van der Waals surface area contributed by atoms with Crippen LogP contribution in [0.1, 0.15) is 60.4 Å². The molecule has 2 aromatic carbocycles. The molecule has 244 valence electrons. The third-order valence-electron chi connectivity index (χ3n) is 8.54. The van der Waals surface area contributed by atoms with Crippen LogP contribution in [0.4, 0.5) is 0 Å². The van der Waals surface area contributed by atoms with E-state index in [1.165, 1.54) is 7.11 Å². The van der Waals surface area contributed by atoms with Crippen molar-refractivity contribution < 1.29 is 19.2 Å². The zero-order valence-corrected chi connectivity index (χ0v) is 28.5. The molecule has 9 nitrogen and oxygen atoms in total. The summed E-state index contributed by atoms with van der Waals surface area (Å²) in [7, 11) is 3.07. The van der Waals surface area contributed by atoms with Gasteiger partial charge in [-0.05, 0) is 74.5 Å². The molecular weight excluding hydrogens is 660 g/mol. The monoisotopic (exact) mass is 697 g/mol. The Balaban J connectivity index is 1.41.